The Hall–Kier alpha value is -2.10. The molecule has 1 aliphatic rings. The minimum absolute atomic E-state index is 0.0646. The molecule has 0 radical (unpaired) electrons. The molecule has 0 unspecified atom stereocenters. The summed E-state index contributed by atoms with van der Waals surface area (Å²) in [6.45, 7) is 4.03. The van der Waals surface area contributed by atoms with Crippen LogP contribution < -0.4 is 4.74 Å². The number of halogens is 2. The summed E-state index contributed by atoms with van der Waals surface area (Å²) in [4.78, 5) is 12.6. The molecule has 3 rings (SSSR count). The molecule has 6 heteroatoms. The zero-order chi connectivity index (χ0) is 20.3. The van der Waals surface area contributed by atoms with E-state index in [4.69, 9.17) is 9.47 Å². The molecule has 144 valence electrons. The molecule has 0 spiro atoms. The van der Waals surface area contributed by atoms with E-state index in [1.165, 1.54) is 0 Å². The summed E-state index contributed by atoms with van der Waals surface area (Å²) in [6.07, 6.45) is 0.995. The SMILES string of the molecule is CC1(C)[C@H](C=C(Br)Br)[C@@H]1C(=O)O[C@H](C#N)c1ccc(Oc2ccccc2)cc1. The first kappa shape index (κ1) is 20.6. The Labute approximate surface area is 181 Å². The molecule has 0 amide bonds. The molecule has 2 aromatic carbocycles. The number of ether oxygens (including phenoxy) is 2. The average molecular weight is 505 g/mol. The predicted molar refractivity (Wildman–Crippen MR) is 114 cm³/mol. The van der Waals surface area contributed by atoms with Gasteiger partial charge in [0.1, 0.15) is 17.6 Å². The Balaban J connectivity index is 1.66. The lowest BCUT2D eigenvalue weighted by Crippen LogP contribution is -2.14. The second-order valence-electron chi connectivity index (χ2n) is 7.21. The molecular formula is C22H19Br2NO3. The predicted octanol–water partition coefficient (Wildman–Crippen LogP) is 6.49. The zero-order valence-electron chi connectivity index (χ0n) is 15.4. The number of rotatable bonds is 6. The molecule has 4 nitrogen and oxygen atoms in total. The molecule has 1 fully saturated rings. The maximum Gasteiger partial charge on any atom is 0.311 e. The van der Waals surface area contributed by atoms with Gasteiger partial charge in [0.25, 0.3) is 0 Å². The van der Waals surface area contributed by atoms with E-state index >= 15 is 0 Å². The fourth-order valence-corrected chi connectivity index (χ4v) is 3.84. The van der Waals surface area contributed by atoms with Crippen LogP contribution in [0, 0.1) is 28.6 Å². The van der Waals surface area contributed by atoms with Gasteiger partial charge in [0.05, 0.1) is 9.31 Å². The van der Waals surface area contributed by atoms with Gasteiger partial charge in [-0.2, -0.15) is 5.26 Å². The smallest absolute Gasteiger partial charge is 0.311 e. The fourth-order valence-electron chi connectivity index (χ4n) is 3.27. The van der Waals surface area contributed by atoms with Gasteiger partial charge < -0.3 is 9.47 Å². The second-order valence-corrected chi connectivity index (χ2v) is 9.98. The molecule has 0 N–H and O–H groups in total. The third kappa shape index (κ3) is 4.65. The molecule has 0 aromatic heterocycles. The number of carbonyl (C=O) groups excluding carboxylic acids is 1. The average Bonchev–Trinajstić information content (AvgIpc) is 3.20. The van der Waals surface area contributed by atoms with Gasteiger partial charge in [-0.25, -0.2) is 0 Å². The molecule has 0 saturated heterocycles. The van der Waals surface area contributed by atoms with Crippen molar-refractivity contribution in [2.24, 2.45) is 17.3 Å². The number of hydrogen-bond donors (Lipinski definition) is 0. The van der Waals surface area contributed by atoms with E-state index in [2.05, 4.69) is 37.9 Å². The minimum Gasteiger partial charge on any atom is -0.457 e. The number of para-hydroxylation sites is 1. The molecule has 0 aliphatic heterocycles. The van der Waals surface area contributed by atoms with Crippen molar-refractivity contribution in [2.75, 3.05) is 0 Å². The van der Waals surface area contributed by atoms with Gasteiger partial charge >= 0.3 is 5.97 Å². The van der Waals surface area contributed by atoms with Gasteiger partial charge in [-0.1, -0.05) is 50.3 Å². The van der Waals surface area contributed by atoms with Gasteiger partial charge in [-0.15, -0.1) is 0 Å². The molecule has 1 aliphatic carbocycles. The van der Waals surface area contributed by atoms with Crippen molar-refractivity contribution < 1.29 is 14.3 Å². The number of benzene rings is 2. The van der Waals surface area contributed by atoms with Crippen LogP contribution >= 0.6 is 31.9 Å². The van der Waals surface area contributed by atoms with Crippen LogP contribution in [0.3, 0.4) is 0 Å². The van der Waals surface area contributed by atoms with Crippen LogP contribution in [0.15, 0.2) is 64.1 Å². The molecule has 0 bridgehead atoms. The van der Waals surface area contributed by atoms with Crippen molar-refractivity contribution in [3.8, 4) is 17.6 Å². The topological polar surface area (TPSA) is 59.3 Å². The summed E-state index contributed by atoms with van der Waals surface area (Å²) in [5.41, 5.74) is 0.417. The summed E-state index contributed by atoms with van der Waals surface area (Å²) in [7, 11) is 0. The first-order valence-electron chi connectivity index (χ1n) is 8.78. The van der Waals surface area contributed by atoms with Crippen molar-refractivity contribution in [3.63, 3.8) is 0 Å². The van der Waals surface area contributed by atoms with Crippen molar-refractivity contribution in [1.29, 1.82) is 5.26 Å². The molecule has 3 atom stereocenters. The van der Waals surface area contributed by atoms with E-state index in [0.29, 0.717) is 11.3 Å². The third-order valence-corrected chi connectivity index (χ3v) is 5.51. The Morgan fingerprint density at radius 2 is 1.71 bits per heavy atom. The third-order valence-electron chi connectivity index (χ3n) is 4.98. The Kier molecular flexibility index (Phi) is 6.26. The highest BCUT2D eigenvalue weighted by atomic mass is 79.9. The summed E-state index contributed by atoms with van der Waals surface area (Å²) < 4.78 is 12.1. The number of nitrogens with zero attached hydrogens (tertiary/aromatic N) is 1. The van der Waals surface area contributed by atoms with E-state index in [1.54, 1.807) is 24.3 Å². The van der Waals surface area contributed by atoms with Crippen LogP contribution in [-0.4, -0.2) is 5.97 Å². The van der Waals surface area contributed by atoms with Gasteiger partial charge in [0.2, 0.25) is 6.10 Å². The van der Waals surface area contributed by atoms with Gasteiger partial charge in [-0.3, -0.25) is 4.79 Å². The lowest BCUT2D eigenvalue weighted by Gasteiger charge is -2.13. The van der Waals surface area contributed by atoms with Crippen LogP contribution in [0.1, 0.15) is 25.5 Å². The van der Waals surface area contributed by atoms with Crippen molar-refractivity contribution in [1.82, 2.24) is 0 Å². The molecular weight excluding hydrogens is 486 g/mol. The largest absolute Gasteiger partial charge is 0.457 e. The quantitative estimate of drug-likeness (QED) is 0.422. The summed E-state index contributed by atoms with van der Waals surface area (Å²) >= 11 is 6.67. The monoisotopic (exact) mass is 503 g/mol. The van der Waals surface area contributed by atoms with E-state index in [9.17, 15) is 10.1 Å². The van der Waals surface area contributed by atoms with E-state index in [-0.39, 0.29) is 23.2 Å². The summed E-state index contributed by atoms with van der Waals surface area (Å²) in [5, 5.41) is 9.49. The maximum atomic E-state index is 12.6. The highest BCUT2D eigenvalue weighted by molar-refractivity contribution is 9.28. The number of nitriles is 1. The molecule has 28 heavy (non-hydrogen) atoms. The highest BCUT2D eigenvalue weighted by Gasteiger charge is 2.61. The van der Waals surface area contributed by atoms with E-state index in [1.807, 2.05) is 50.3 Å². The Bertz CT molecular complexity index is 913. The van der Waals surface area contributed by atoms with Crippen LogP contribution in [0.25, 0.3) is 0 Å². The van der Waals surface area contributed by atoms with Gasteiger partial charge in [0, 0.05) is 5.56 Å². The molecule has 1 saturated carbocycles. The Morgan fingerprint density at radius 1 is 1.11 bits per heavy atom. The van der Waals surface area contributed by atoms with Crippen LogP contribution in [0.5, 0.6) is 11.5 Å². The second kappa shape index (κ2) is 8.50. The van der Waals surface area contributed by atoms with E-state index < -0.39 is 6.10 Å². The normalized spacial score (nSPS) is 20.4. The lowest BCUT2D eigenvalue weighted by molar-refractivity contribution is -0.149. The number of esters is 1. The summed E-state index contributed by atoms with van der Waals surface area (Å²) in [5.74, 6) is 0.813. The van der Waals surface area contributed by atoms with Crippen LogP contribution in [0.2, 0.25) is 0 Å². The number of carbonyl (C=O) groups is 1. The van der Waals surface area contributed by atoms with Gasteiger partial charge in [-0.05, 0) is 67.5 Å². The summed E-state index contributed by atoms with van der Waals surface area (Å²) in [6, 6.07) is 18.5. The maximum absolute atomic E-state index is 12.6. The van der Waals surface area contributed by atoms with Crippen molar-refractivity contribution in [3.05, 3.63) is 69.6 Å². The molecule has 2 aromatic rings. The van der Waals surface area contributed by atoms with Crippen LogP contribution in [0.4, 0.5) is 0 Å². The first-order chi connectivity index (χ1) is 13.3. The number of hydrogen-bond acceptors (Lipinski definition) is 4. The fraction of sp³-hybridized carbons (Fsp3) is 0.273. The van der Waals surface area contributed by atoms with Crippen molar-refractivity contribution in [2.45, 2.75) is 20.0 Å². The minimum atomic E-state index is -0.952. The number of allylic oxidation sites excluding steroid dienone is 1. The zero-order valence-corrected chi connectivity index (χ0v) is 18.6. The van der Waals surface area contributed by atoms with Crippen molar-refractivity contribution >= 4 is 37.8 Å². The Morgan fingerprint density at radius 3 is 2.29 bits per heavy atom. The highest BCUT2D eigenvalue weighted by Crippen LogP contribution is 2.60. The van der Waals surface area contributed by atoms with E-state index in [0.717, 1.165) is 9.14 Å². The van der Waals surface area contributed by atoms with Gasteiger partial charge in [0.15, 0.2) is 0 Å². The lowest BCUT2D eigenvalue weighted by atomic mass is 10.1. The first-order valence-corrected chi connectivity index (χ1v) is 10.4. The standard InChI is InChI=1S/C22H19Br2NO3/c1-22(2)17(12-19(23)24)20(22)21(26)28-18(13-25)14-8-10-16(11-9-14)27-15-6-4-3-5-7-15/h3-12,17-18,20H,1-2H3/t17-,18-,20-/m1/s1. The molecule has 0 heterocycles. The van der Waals surface area contributed by atoms with Crippen LogP contribution in [-0.2, 0) is 9.53 Å².